The highest BCUT2D eigenvalue weighted by molar-refractivity contribution is 6.18. The molecule has 0 bridgehead atoms. The van der Waals surface area contributed by atoms with E-state index in [-0.39, 0.29) is 17.9 Å². The molecule has 0 aliphatic carbocycles. The van der Waals surface area contributed by atoms with Crippen molar-refractivity contribution in [3.8, 4) is 39.1 Å². The van der Waals surface area contributed by atoms with Gasteiger partial charge in [-0.2, -0.15) is 0 Å². The van der Waals surface area contributed by atoms with Crippen molar-refractivity contribution in [2.45, 2.75) is 46.6 Å². The van der Waals surface area contributed by atoms with Gasteiger partial charge < -0.3 is 13.4 Å². The fourth-order valence-electron chi connectivity index (χ4n) is 11.8. The van der Waals surface area contributed by atoms with Gasteiger partial charge >= 0.3 is 0 Å². The zero-order valence-corrected chi connectivity index (χ0v) is 42.9. The molecular weight excluding hydrogens is 913 g/mol. The molecule has 0 aliphatic rings. The molecule has 4 unspecified atom stereocenters. The van der Waals surface area contributed by atoms with Gasteiger partial charge in [0.2, 0.25) is 0 Å². The van der Waals surface area contributed by atoms with Crippen LogP contribution in [0.15, 0.2) is 244 Å². The zero-order chi connectivity index (χ0) is 50.6. The van der Waals surface area contributed by atoms with Crippen LogP contribution in [0.5, 0.6) is 0 Å². The maximum Gasteiger partial charge on any atom is 0.160 e. The van der Waals surface area contributed by atoms with Crippen LogP contribution in [0, 0.1) is 17.8 Å². The molecule has 75 heavy (non-hydrogen) atoms. The van der Waals surface area contributed by atoms with Crippen LogP contribution >= 0.6 is 0 Å². The lowest BCUT2D eigenvalue weighted by Gasteiger charge is -2.29. The van der Waals surface area contributed by atoms with Crippen LogP contribution in [0.3, 0.4) is 0 Å². The van der Waals surface area contributed by atoms with E-state index in [1.165, 1.54) is 55.4 Å². The van der Waals surface area contributed by atoms with Gasteiger partial charge in [0, 0.05) is 43.6 Å². The van der Waals surface area contributed by atoms with E-state index in [0.717, 1.165) is 84.6 Å². The molecule has 364 valence electrons. The van der Waals surface area contributed by atoms with Crippen molar-refractivity contribution in [1.82, 2.24) is 4.57 Å². The summed E-state index contributed by atoms with van der Waals surface area (Å²) in [6.07, 6.45) is 1.90. The summed E-state index contributed by atoms with van der Waals surface area (Å²) in [5, 5.41) is 6.77. The summed E-state index contributed by atoms with van der Waals surface area (Å²) in [5.41, 5.74) is 18.6. The van der Waals surface area contributed by atoms with E-state index in [1.807, 2.05) is 0 Å². The predicted molar refractivity (Wildman–Crippen MR) is 315 cm³/mol. The van der Waals surface area contributed by atoms with Crippen molar-refractivity contribution in [3.05, 3.63) is 247 Å². The minimum atomic E-state index is -0.0449. The Morgan fingerprint density at radius 2 is 1.09 bits per heavy atom. The van der Waals surface area contributed by atoms with Gasteiger partial charge in [0.1, 0.15) is 16.7 Å². The third-order valence-electron chi connectivity index (χ3n) is 16.1. The molecule has 13 aromatic rings. The van der Waals surface area contributed by atoms with Gasteiger partial charge in [-0.25, -0.2) is 0 Å². The lowest BCUT2D eigenvalue weighted by atomic mass is 9.81. The second kappa shape index (κ2) is 19.3. The smallest absolute Gasteiger partial charge is 0.160 e. The van der Waals surface area contributed by atoms with Gasteiger partial charge in [-0.15, -0.1) is 0 Å². The van der Waals surface area contributed by atoms with Crippen molar-refractivity contribution in [2.24, 2.45) is 22.7 Å². The maximum absolute atomic E-state index is 7.02. The van der Waals surface area contributed by atoms with Crippen LogP contribution in [0.2, 0.25) is 0 Å². The number of furan rings is 2. The number of nitrogens with zero attached hydrogens (tertiary/aromatic N) is 2. The first kappa shape index (κ1) is 46.1. The number of fused-ring (bicyclic) bond motifs is 9. The number of benzene rings is 10. The summed E-state index contributed by atoms with van der Waals surface area (Å²) in [6, 6.07) is 83.2. The van der Waals surface area contributed by atoms with Crippen molar-refractivity contribution in [2.75, 3.05) is 0 Å². The molecule has 0 saturated carbocycles. The summed E-state index contributed by atoms with van der Waals surface area (Å²) in [7, 11) is 0. The Labute approximate surface area is 438 Å². The average Bonchev–Trinajstić information content (AvgIpc) is 4.16. The molecule has 0 radical (unpaired) electrons. The summed E-state index contributed by atoms with van der Waals surface area (Å²) in [6.45, 7) is 9.39. The largest absolute Gasteiger partial charge is 0.456 e. The first-order valence-electron chi connectivity index (χ1n) is 26.7. The molecule has 0 amide bonds. The Morgan fingerprint density at radius 3 is 1.85 bits per heavy atom. The van der Waals surface area contributed by atoms with Crippen LogP contribution in [-0.2, 0) is 6.42 Å². The topological polar surface area (TPSA) is 43.6 Å². The van der Waals surface area contributed by atoms with E-state index >= 15 is 0 Å². The lowest BCUT2D eigenvalue weighted by molar-refractivity contribution is 0.328. The monoisotopic (exact) mass is 970 g/mol. The molecule has 13 rings (SSSR count). The summed E-state index contributed by atoms with van der Waals surface area (Å²) in [5.74, 6) is 0.815. The molecule has 3 heterocycles. The molecule has 0 N–H and O–H groups in total. The second-order valence-corrected chi connectivity index (χ2v) is 20.7. The standard InChI is InChI=1S/C71H58N2O2/c1-5-45(2)68(52-24-13-8-14-25-52)72-69(53-35-33-51(34-36-53)49-20-9-6-10-21-49)47(4)46(3)42-48-32-41-65-61(43-48)67-57(28-19-31-66(67)74-65)58-38-39-59-56-27-16-18-30-64(56)75-71(59)70(58)73-62-29-17-15-26-55(62)60-44-54(37-40-63(60)73)50-22-11-7-12-23-50/h6-41,43-47,69H,5,42H2,1-4H3/b72-68+. The van der Waals surface area contributed by atoms with Gasteiger partial charge in [-0.1, -0.05) is 210 Å². The van der Waals surface area contributed by atoms with Crippen LogP contribution in [0.1, 0.15) is 56.8 Å². The molecule has 4 nitrogen and oxygen atoms in total. The number of hydrogen-bond donors (Lipinski definition) is 0. The SMILES string of the molecule is CCC(C)/C(=N\C(c1ccc(-c2ccccc2)cc1)C(C)C(C)Cc1ccc2oc3cccc(-c4ccc5c(oc6ccccc65)c4-n4c5ccccc5c5cc(-c6ccccc6)ccc54)c3c2c1)c1ccccc1. The van der Waals surface area contributed by atoms with Gasteiger partial charge in [-0.3, -0.25) is 4.99 Å². The highest BCUT2D eigenvalue weighted by Gasteiger charge is 2.28. The van der Waals surface area contributed by atoms with E-state index < -0.39 is 0 Å². The van der Waals surface area contributed by atoms with Crippen molar-refractivity contribution < 1.29 is 8.83 Å². The van der Waals surface area contributed by atoms with Crippen molar-refractivity contribution in [1.29, 1.82) is 0 Å². The molecule has 3 aromatic heterocycles. The van der Waals surface area contributed by atoms with Gasteiger partial charge in [0.15, 0.2) is 5.58 Å². The Kier molecular flexibility index (Phi) is 11.8. The van der Waals surface area contributed by atoms with Crippen molar-refractivity contribution >= 4 is 71.4 Å². The average molecular weight is 971 g/mol. The molecule has 10 aromatic carbocycles. The van der Waals surface area contributed by atoms with E-state index in [1.54, 1.807) is 0 Å². The molecule has 0 spiro atoms. The Morgan fingerprint density at radius 1 is 0.467 bits per heavy atom. The molecule has 0 saturated heterocycles. The third kappa shape index (κ3) is 8.22. The zero-order valence-electron chi connectivity index (χ0n) is 42.9. The van der Waals surface area contributed by atoms with E-state index in [0.29, 0.717) is 5.92 Å². The minimum absolute atomic E-state index is 0.0449. The minimum Gasteiger partial charge on any atom is -0.456 e. The number of para-hydroxylation sites is 2. The number of rotatable bonds is 13. The summed E-state index contributed by atoms with van der Waals surface area (Å²) < 4.78 is 16.2. The Hall–Kier alpha value is -8.73. The first-order chi connectivity index (χ1) is 36.9. The highest BCUT2D eigenvalue weighted by atomic mass is 16.3. The summed E-state index contributed by atoms with van der Waals surface area (Å²) in [4.78, 5) is 5.79. The molecule has 4 heteroatoms. The normalized spacial score (nSPS) is 13.8. The molecule has 0 fully saturated rings. The third-order valence-corrected chi connectivity index (χ3v) is 16.1. The maximum atomic E-state index is 7.02. The molecule has 4 atom stereocenters. The van der Waals surface area contributed by atoms with Crippen LogP contribution in [0.4, 0.5) is 0 Å². The number of aromatic nitrogens is 1. The van der Waals surface area contributed by atoms with Gasteiger partial charge in [-0.05, 0) is 124 Å². The second-order valence-electron chi connectivity index (χ2n) is 20.7. The molecule has 0 aliphatic heterocycles. The Balaban J connectivity index is 0.939. The highest BCUT2D eigenvalue weighted by Crippen LogP contribution is 2.47. The Bertz CT molecular complexity index is 4240. The molecular formula is C71H58N2O2. The van der Waals surface area contributed by atoms with E-state index in [4.69, 9.17) is 13.8 Å². The van der Waals surface area contributed by atoms with Crippen LogP contribution < -0.4 is 0 Å². The van der Waals surface area contributed by atoms with Gasteiger partial charge in [0.25, 0.3) is 0 Å². The number of aliphatic imine (C=N–C) groups is 1. The predicted octanol–water partition coefficient (Wildman–Crippen LogP) is 19.7. The fraction of sp³-hybridized carbons (Fsp3) is 0.141. The van der Waals surface area contributed by atoms with Crippen molar-refractivity contribution in [3.63, 3.8) is 0 Å². The quantitative estimate of drug-likeness (QED) is 0.108. The van der Waals surface area contributed by atoms with Gasteiger partial charge in [0.05, 0.1) is 22.8 Å². The van der Waals surface area contributed by atoms with E-state index in [2.05, 4.69) is 263 Å². The van der Waals surface area contributed by atoms with Crippen LogP contribution in [-0.4, -0.2) is 10.3 Å². The summed E-state index contributed by atoms with van der Waals surface area (Å²) >= 11 is 0. The first-order valence-corrected chi connectivity index (χ1v) is 26.7. The van der Waals surface area contributed by atoms with E-state index in [9.17, 15) is 0 Å². The number of hydrogen-bond acceptors (Lipinski definition) is 3. The lowest BCUT2D eigenvalue weighted by Crippen LogP contribution is -2.22. The van der Waals surface area contributed by atoms with Crippen LogP contribution in [0.25, 0.3) is 105 Å². The fourth-order valence-corrected chi connectivity index (χ4v) is 11.8.